The fourth-order valence-electron chi connectivity index (χ4n) is 0.744. The molecule has 0 fully saturated rings. The fourth-order valence-corrected chi connectivity index (χ4v) is 2.23. The van der Waals surface area contributed by atoms with Crippen LogP contribution in [0.1, 0.15) is 11.3 Å². The van der Waals surface area contributed by atoms with Gasteiger partial charge < -0.3 is 5.73 Å². The lowest BCUT2D eigenvalue weighted by Crippen LogP contribution is -2.09. The number of thiophene rings is 1. The first-order valence-electron chi connectivity index (χ1n) is 3.25. The minimum atomic E-state index is 0. The van der Waals surface area contributed by atoms with Crippen LogP contribution in [0.15, 0.2) is 15.9 Å². The second-order valence-corrected chi connectivity index (χ2v) is 4.78. The SMILES string of the molecule is Cl.N=C(N)CCc1ccc(Br)s1. The van der Waals surface area contributed by atoms with E-state index in [1.165, 1.54) is 4.88 Å². The van der Waals surface area contributed by atoms with Gasteiger partial charge in [0.25, 0.3) is 0 Å². The lowest BCUT2D eigenvalue weighted by molar-refractivity contribution is 1.04. The van der Waals surface area contributed by atoms with Crippen LogP contribution in [0.3, 0.4) is 0 Å². The molecule has 0 saturated carbocycles. The first-order chi connectivity index (χ1) is 5.18. The van der Waals surface area contributed by atoms with E-state index in [2.05, 4.69) is 22.0 Å². The molecule has 0 aromatic carbocycles. The quantitative estimate of drug-likeness (QED) is 0.643. The predicted octanol–water partition coefficient (Wildman–Crippen LogP) is 2.80. The van der Waals surface area contributed by atoms with Crippen molar-refractivity contribution in [2.75, 3.05) is 0 Å². The van der Waals surface area contributed by atoms with Gasteiger partial charge in [0.05, 0.1) is 9.62 Å². The summed E-state index contributed by atoms with van der Waals surface area (Å²) >= 11 is 5.07. The van der Waals surface area contributed by atoms with Gasteiger partial charge in [0, 0.05) is 11.3 Å². The van der Waals surface area contributed by atoms with Crippen molar-refractivity contribution in [1.82, 2.24) is 0 Å². The lowest BCUT2D eigenvalue weighted by Gasteiger charge is -1.93. The molecule has 0 unspecified atom stereocenters. The van der Waals surface area contributed by atoms with E-state index in [-0.39, 0.29) is 18.2 Å². The highest BCUT2D eigenvalue weighted by molar-refractivity contribution is 9.11. The number of aryl methyl sites for hydroxylation is 1. The molecule has 68 valence electrons. The van der Waals surface area contributed by atoms with Gasteiger partial charge in [0.2, 0.25) is 0 Å². The highest BCUT2D eigenvalue weighted by atomic mass is 79.9. The number of nitrogens with two attached hydrogens (primary N) is 1. The molecule has 12 heavy (non-hydrogen) atoms. The number of nitrogens with one attached hydrogen (secondary N) is 1. The third kappa shape index (κ3) is 4.09. The molecule has 0 saturated heterocycles. The molecule has 2 nitrogen and oxygen atoms in total. The Hall–Kier alpha value is -0.0600. The van der Waals surface area contributed by atoms with Crippen molar-refractivity contribution in [1.29, 1.82) is 5.41 Å². The summed E-state index contributed by atoms with van der Waals surface area (Å²) in [6.45, 7) is 0. The predicted molar refractivity (Wildman–Crippen MR) is 59.5 cm³/mol. The summed E-state index contributed by atoms with van der Waals surface area (Å²) in [6, 6.07) is 4.07. The van der Waals surface area contributed by atoms with Gasteiger partial charge in [-0.15, -0.1) is 23.7 Å². The zero-order valence-corrected chi connectivity index (χ0v) is 9.56. The summed E-state index contributed by atoms with van der Waals surface area (Å²) in [7, 11) is 0. The van der Waals surface area contributed by atoms with E-state index in [4.69, 9.17) is 11.1 Å². The molecule has 0 spiro atoms. The first-order valence-corrected chi connectivity index (χ1v) is 4.86. The van der Waals surface area contributed by atoms with Crippen molar-refractivity contribution in [2.45, 2.75) is 12.8 Å². The van der Waals surface area contributed by atoms with Crippen LogP contribution < -0.4 is 5.73 Å². The third-order valence-electron chi connectivity index (χ3n) is 1.27. The van der Waals surface area contributed by atoms with Crippen LogP contribution in [0.5, 0.6) is 0 Å². The normalized spacial score (nSPS) is 9.08. The Morgan fingerprint density at radius 1 is 1.58 bits per heavy atom. The maximum Gasteiger partial charge on any atom is 0.0908 e. The smallest absolute Gasteiger partial charge is 0.0908 e. The second-order valence-electron chi connectivity index (χ2n) is 2.23. The maximum atomic E-state index is 7.02. The van der Waals surface area contributed by atoms with E-state index in [0.717, 1.165) is 10.2 Å². The molecule has 1 heterocycles. The largest absolute Gasteiger partial charge is 0.388 e. The Labute approximate surface area is 90.2 Å². The minimum Gasteiger partial charge on any atom is -0.388 e. The minimum absolute atomic E-state index is 0. The molecule has 5 heteroatoms. The van der Waals surface area contributed by atoms with Crippen LogP contribution >= 0.6 is 39.7 Å². The van der Waals surface area contributed by atoms with Crippen LogP contribution in [0.2, 0.25) is 0 Å². The Bertz CT molecular complexity index is 262. The van der Waals surface area contributed by atoms with Gasteiger partial charge in [-0.25, -0.2) is 0 Å². The van der Waals surface area contributed by atoms with E-state index in [1.807, 2.05) is 6.07 Å². The Balaban J connectivity index is 0.00000121. The van der Waals surface area contributed by atoms with Crippen molar-refractivity contribution in [3.63, 3.8) is 0 Å². The zero-order chi connectivity index (χ0) is 8.27. The Kier molecular flexibility index (Phi) is 5.53. The van der Waals surface area contributed by atoms with Gasteiger partial charge in [-0.05, 0) is 34.5 Å². The maximum absolute atomic E-state index is 7.02. The van der Waals surface area contributed by atoms with Crippen LogP contribution in [-0.4, -0.2) is 5.84 Å². The summed E-state index contributed by atoms with van der Waals surface area (Å²) in [5, 5.41) is 7.02. The highest BCUT2D eigenvalue weighted by Crippen LogP contribution is 2.22. The van der Waals surface area contributed by atoms with Crippen molar-refractivity contribution < 1.29 is 0 Å². The van der Waals surface area contributed by atoms with Crippen molar-refractivity contribution in [3.8, 4) is 0 Å². The summed E-state index contributed by atoms with van der Waals surface area (Å²) < 4.78 is 1.14. The first kappa shape index (κ1) is 11.9. The summed E-state index contributed by atoms with van der Waals surface area (Å²) in [5.74, 6) is 0.259. The van der Waals surface area contributed by atoms with Gasteiger partial charge in [-0.3, -0.25) is 5.41 Å². The van der Waals surface area contributed by atoms with Gasteiger partial charge in [0.1, 0.15) is 0 Å². The van der Waals surface area contributed by atoms with Crippen molar-refractivity contribution in [2.24, 2.45) is 5.73 Å². The van der Waals surface area contributed by atoms with Crippen LogP contribution in [0, 0.1) is 5.41 Å². The van der Waals surface area contributed by atoms with Crippen LogP contribution in [-0.2, 0) is 6.42 Å². The number of hydrogen-bond donors (Lipinski definition) is 2. The lowest BCUT2D eigenvalue weighted by atomic mass is 10.2. The van der Waals surface area contributed by atoms with Crippen LogP contribution in [0.25, 0.3) is 0 Å². The molecule has 0 radical (unpaired) electrons. The van der Waals surface area contributed by atoms with Gasteiger partial charge in [0.15, 0.2) is 0 Å². The molecule has 1 rings (SSSR count). The summed E-state index contributed by atoms with van der Waals surface area (Å²) in [6.07, 6.45) is 1.54. The molecule has 0 aliphatic carbocycles. The average molecular weight is 270 g/mol. The molecule has 1 aromatic rings. The highest BCUT2D eigenvalue weighted by Gasteiger charge is 1.97. The van der Waals surface area contributed by atoms with Gasteiger partial charge in [-0.1, -0.05) is 0 Å². The molecule has 1 aromatic heterocycles. The second kappa shape index (κ2) is 5.56. The monoisotopic (exact) mass is 268 g/mol. The molecular weight excluding hydrogens is 260 g/mol. The van der Waals surface area contributed by atoms with E-state index in [9.17, 15) is 0 Å². The molecule has 3 N–H and O–H groups in total. The standard InChI is InChI=1S/C7H9BrN2S.ClH/c8-6-3-1-5(11-6)2-4-7(9)10;/h1,3H,2,4H2,(H3,9,10);1H. The Morgan fingerprint density at radius 2 is 2.25 bits per heavy atom. The zero-order valence-electron chi connectivity index (χ0n) is 6.34. The van der Waals surface area contributed by atoms with E-state index < -0.39 is 0 Å². The topological polar surface area (TPSA) is 49.9 Å². The van der Waals surface area contributed by atoms with Gasteiger partial charge >= 0.3 is 0 Å². The number of halogens is 2. The number of rotatable bonds is 3. The molecule has 0 aliphatic rings. The van der Waals surface area contributed by atoms with E-state index in [0.29, 0.717) is 6.42 Å². The molecule has 0 amide bonds. The van der Waals surface area contributed by atoms with Crippen molar-refractivity contribution in [3.05, 3.63) is 20.8 Å². The summed E-state index contributed by atoms with van der Waals surface area (Å²) in [5.41, 5.74) is 5.22. The summed E-state index contributed by atoms with van der Waals surface area (Å²) in [4.78, 5) is 1.27. The number of amidine groups is 1. The number of hydrogen-bond acceptors (Lipinski definition) is 2. The van der Waals surface area contributed by atoms with Crippen LogP contribution in [0.4, 0.5) is 0 Å². The fraction of sp³-hybridized carbons (Fsp3) is 0.286. The van der Waals surface area contributed by atoms with E-state index in [1.54, 1.807) is 11.3 Å². The molecule has 0 atom stereocenters. The molecule has 0 aliphatic heterocycles. The van der Waals surface area contributed by atoms with Crippen molar-refractivity contribution >= 4 is 45.5 Å². The average Bonchev–Trinajstić information content (AvgIpc) is 2.31. The third-order valence-corrected chi connectivity index (χ3v) is 2.95. The molecule has 0 bridgehead atoms. The Morgan fingerprint density at radius 3 is 2.67 bits per heavy atom. The van der Waals surface area contributed by atoms with E-state index >= 15 is 0 Å². The van der Waals surface area contributed by atoms with Gasteiger partial charge in [-0.2, -0.15) is 0 Å². The molecular formula is C7H10BrClN2S.